The van der Waals surface area contributed by atoms with E-state index in [1.165, 1.54) is 30.0 Å². The van der Waals surface area contributed by atoms with Crippen LogP contribution in [0.3, 0.4) is 0 Å². The van der Waals surface area contributed by atoms with Crippen molar-refractivity contribution < 1.29 is 19.1 Å². The fourth-order valence-electron chi connectivity index (χ4n) is 3.29. The predicted molar refractivity (Wildman–Crippen MR) is 121 cm³/mol. The summed E-state index contributed by atoms with van der Waals surface area (Å²) in [5, 5.41) is 15.4. The van der Waals surface area contributed by atoms with Crippen molar-refractivity contribution >= 4 is 51.6 Å². The number of nitrogens with zero attached hydrogens (tertiary/aromatic N) is 1. The summed E-state index contributed by atoms with van der Waals surface area (Å²) in [6.45, 7) is 3.22. The van der Waals surface area contributed by atoms with Gasteiger partial charge < -0.3 is 15.4 Å². The Morgan fingerprint density at radius 3 is 2.68 bits per heavy atom. The predicted octanol–water partition coefficient (Wildman–Crippen LogP) is 3.98. The second kappa shape index (κ2) is 10.5. The van der Waals surface area contributed by atoms with Gasteiger partial charge in [0.1, 0.15) is 11.1 Å². The molecule has 0 unspecified atom stereocenters. The summed E-state index contributed by atoms with van der Waals surface area (Å²) in [6.07, 6.45) is 2.81. The minimum Gasteiger partial charge on any atom is -0.455 e. The van der Waals surface area contributed by atoms with Crippen LogP contribution in [0.1, 0.15) is 36.3 Å². The molecule has 1 aromatic heterocycles. The van der Waals surface area contributed by atoms with Gasteiger partial charge in [-0.3, -0.25) is 14.4 Å². The quantitative estimate of drug-likeness (QED) is 0.481. The first-order valence-corrected chi connectivity index (χ1v) is 11.7. The van der Waals surface area contributed by atoms with Gasteiger partial charge in [-0.1, -0.05) is 6.92 Å². The Labute approximate surface area is 189 Å². The molecule has 0 saturated carbocycles. The van der Waals surface area contributed by atoms with Gasteiger partial charge in [0, 0.05) is 22.4 Å². The highest BCUT2D eigenvalue weighted by Crippen LogP contribution is 2.39. The van der Waals surface area contributed by atoms with E-state index < -0.39 is 18.5 Å². The fraction of sp³-hybridized carbons (Fsp3) is 0.364. The smallest absolute Gasteiger partial charge is 0.316 e. The second-order valence-electron chi connectivity index (χ2n) is 7.37. The SMILES string of the molecule is CC(=O)Nc1ccc(SCC(=O)OCC(=O)Nc2sc3c(c2C#N)CC[C@H](C)C3)cc1. The minimum atomic E-state index is -0.508. The molecule has 3 rings (SSSR count). The number of amides is 2. The summed E-state index contributed by atoms with van der Waals surface area (Å²) in [4.78, 5) is 37.2. The van der Waals surface area contributed by atoms with E-state index in [-0.39, 0.29) is 11.7 Å². The molecular formula is C22H23N3O4S2. The van der Waals surface area contributed by atoms with Gasteiger partial charge in [0.05, 0.1) is 11.3 Å². The maximum atomic E-state index is 12.2. The van der Waals surface area contributed by atoms with E-state index in [4.69, 9.17) is 4.74 Å². The number of rotatable bonds is 7. The van der Waals surface area contributed by atoms with Crippen LogP contribution in [0.2, 0.25) is 0 Å². The lowest BCUT2D eigenvalue weighted by Crippen LogP contribution is -2.21. The second-order valence-corrected chi connectivity index (χ2v) is 9.52. The van der Waals surface area contributed by atoms with E-state index in [1.807, 2.05) is 0 Å². The first kappa shape index (κ1) is 22.8. The van der Waals surface area contributed by atoms with Crippen LogP contribution < -0.4 is 10.6 Å². The highest BCUT2D eigenvalue weighted by Gasteiger charge is 2.24. The van der Waals surface area contributed by atoms with Gasteiger partial charge in [-0.15, -0.1) is 23.1 Å². The number of anilines is 2. The van der Waals surface area contributed by atoms with Crippen LogP contribution in [0.5, 0.6) is 0 Å². The van der Waals surface area contributed by atoms with Crippen LogP contribution in [0.25, 0.3) is 0 Å². The van der Waals surface area contributed by atoms with Crippen LogP contribution in [0, 0.1) is 17.2 Å². The number of nitriles is 1. The lowest BCUT2D eigenvalue weighted by Gasteiger charge is -2.17. The average molecular weight is 458 g/mol. The lowest BCUT2D eigenvalue weighted by molar-refractivity contribution is -0.144. The van der Waals surface area contributed by atoms with Gasteiger partial charge in [0.2, 0.25) is 5.91 Å². The van der Waals surface area contributed by atoms with E-state index in [9.17, 15) is 19.6 Å². The molecule has 0 spiro atoms. The van der Waals surface area contributed by atoms with Crippen LogP contribution in [0.4, 0.5) is 10.7 Å². The molecule has 1 aliphatic rings. The minimum absolute atomic E-state index is 0.0569. The van der Waals surface area contributed by atoms with Crippen LogP contribution in [-0.2, 0) is 32.0 Å². The van der Waals surface area contributed by atoms with Crippen molar-refractivity contribution in [2.24, 2.45) is 5.92 Å². The first-order valence-electron chi connectivity index (χ1n) is 9.86. The highest BCUT2D eigenvalue weighted by molar-refractivity contribution is 8.00. The third-order valence-corrected chi connectivity index (χ3v) is 6.93. The number of hydrogen-bond donors (Lipinski definition) is 2. The highest BCUT2D eigenvalue weighted by atomic mass is 32.2. The van der Waals surface area contributed by atoms with Crippen LogP contribution in [-0.4, -0.2) is 30.1 Å². The molecule has 1 heterocycles. The molecule has 0 fully saturated rings. The van der Waals surface area contributed by atoms with E-state index in [1.54, 1.807) is 24.3 Å². The standard InChI is InChI=1S/C22H23N3O4S2/c1-13-3-8-17-18(10-23)22(31-19(17)9-13)25-20(27)11-29-21(28)12-30-16-6-4-15(5-7-16)24-14(2)26/h4-7,13H,3,8-9,11-12H2,1-2H3,(H,24,26)(H,25,27)/t13-/m0/s1. The number of benzene rings is 1. The Bertz CT molecular complexity index is 1020. The molecule has 1 aromatic carbocycles. The number of carbonyl (C=O) groups excluding carboxylic acids is 3. The van der Waals surface area contributed by atoms with E-state index in [0.29, 0.717) is 22.2 Å². The molecule has 2 amide bonds. The Morgan fingerprint density at radius 2 is 2.00 bits per heavy atom. The lowest BCUT2D eigenvalue weighted by atomic mass is 9.89. The van der Waals surface area contributed by atoms with Crippen molar-refractivity contribution in [1.82, 2.24) is 0 Å². The Hall–Kier alpha value is -2.83. The Morgan fingerprint density at radius 1 is 1.26 bits per heavy atom. The van der Waals surface area contributed by atoms with Crippen molar-refractivity contribution in [3.05, 3.63) is 40.3 Å². The van der Waals surface area contributed by atoms with Gasteiger partial charge >= 0.3 is 5.97 Å². The normalized spacial score (nSPS) is 14.8. The van der Waals surface area contributed by atoms with Crippen LogP contribution in [0.15, 0.2) is 29.2 Å². The zero-order valence-corrected chi connectivity index (χ0v) is 19.0. The molecule has 1 atom stereocenters. The molecule has 0 radical (unpaired) electrons. The topological polar surface area (TPSA) is 108 Å². The molecule has 162 valence electrons. The molecule has 2 aromatic rings. The van der Waals surface area contributed by atoms with Crippen molar-refractivity contribution in [2.45, 2.75) is 38.0 Å². The molecule has 1 aliphatic carbocycles. The maximum absolute atomic E-state index is 12.2. The van der Waals surface area contributed by atoms with Crippen molar-refractivity contribution in [3.8, 4) is 6.07 Å². The summed E-state index contributed by atoms with van der Waals surface area (Å²) in [6, 6.07) is 9.28. The van der Waals surface area contributed by atoms with Gasteiger partial charge in [0.25, 0.3) is 5.91 Å². The van der Waals surface area contributed by atoms with Crippen molar-refractivity contribution in [1.29, 1.82) is 5.26 Å². The zero-order chi connectivity index (χ0) is 22.4. The summed E-state index contributed by atoms with van der Waals surface area (Å²) in [5.74, 6) is -0.490. The molecule has 9 heteroatoms. The van der Waals surface area contributed by atoms with Crippen LogP contribution >= 0.6 is 23.1 Å². The number of carbonyl (C=O) groups is 3. The fourth-order valence-corrected chi connectivity index (χ4v) is 5.36. The van der Waals surface area contributed by atoms with Gasteiger partial charge in [-0.05, 0) is 55.0 Å². The third-order valence-electron chi connectivity index (χ3n) is 4.77. The summed E-state index contributed by atoms with van der Waals surface area (Å²) in [7, 11) is 0. The van der Waals surface area contributed by atoms with Crippen molar-refractivity contribution in [3.63, 3.8) is 0 Å². The monoisotopic (exact) mass is 457 g/mol. The molecule has 0 aliphatic heterocycles. The molecule has 0 bridgehead atoms. The molecule has 7 nitrogen and oxygen atoms in total. The largest absolute Gasteiger partial charge is 0.455 e. The number of nitrogens with one attached hydrogen (secondary N) is 2. The van der Waals surface area contributed by atoms with Crippen molar-refractivity contribution in [2.75, 3.05) is 23.0 Å². The number of fused-ring (bicyclic) bond motifs is 1. The Kier molecular flexibility index (Phi) is 7.71. The summed E-state index contributed by atoms with van der Waals surface area (Å²) < 4.78 is 5.06. The van der Waals surface area contributed by atoms with E-state index >= 15 is 0 Å². The Balaban J connectivity index is 1.46. The zero-order valence-electron chi connectivity index (χ0n) is 17.3. The molecule has 0 saturated heterocycles. The first-order chi connectivity index (χ1) is 14.9. The summed E-state index contributed by atoms with van der Waals surface area (Å²) >= 11 is 2.72. The molecule has 2 N–H and O–H groups in total. The van der Waals surface area contributed by atoms with Gasteiger partial charge in [-0.2, -0.15) is 5.26 Å². The number of thiophene rings is 1. The van der Waals surface area contributed by atoms with E-state index in [2.05, 4.69) is 23.6 Å². The molecule has 31 heavy (non-hydrogen) atoms. The number of esters is 1. The van der Waals surface area contributed by atoms with Gasteiger partial charge in [0.15, 0.2) is 6.61 Å². The van der Waals surface area contributed by atoms with Gasteiger partial charge in [-0.25, -0.2) is 0 Å². The number of hydrogen-bond acceptors (Lipinski definition) is 7. The number of thioether (sulfide) groups is 1. The average Bonchev–Trinajstić information content (AvgIpc) is 3.07. The molecular weight excluding hydrogens is 434 g/mol. The van der Waals surface area contributed by atoms with E-state index in [0.717, 1.165) is 34.6 Å². The summed E-state index contributed by atoms with van der Waals surface area (Å²) in [5.41, 5.74) is 2.25. The maximum Gasteiger partial charge on any atom is 0.316 e. The number of ether oxygens (including phenoxy) is 1. The third kappa shape index (κ3) is 6.32.